The number of unbranched alkanes of at least 4 members (excludes halogenated alkanes) is 12. The number of hydrogen-bond donors (Lipinski definition) is 3. The molecular weight excluding hydrogens is 324 g/mol. The molecular formula is C22H46N2O2. The van der Waals surface area contributed by atoms with Crippen LogP contribution < -0.4 is 11.1 Å². The van der Waals surface area contributed by atoms with E-state index in [9.17, 15) is 9.90 Å². The first-order valence-electron chi connectivity index (χ1n) is 11.3. The van der Waals surface area contributed by atoms with Gasteiger partial charge in [0, 0.05) is 12.8 Å². The lowest BCUT2D eigenvalue weighted by molar-refractivity contribution is -0.129. The second-order valence-corrected chi connectivity index (χ2v) is 7.86. The van der Waals surface area contributed by atoms with Crippen molar-refractivity contribution in [1.82, 2.24) is 5.32 Å². The molecule has 0 bridgehead atoms. The zero-order chi connectivity index (χ0) is 19.5. The molecule has 1 atom stereocenters. The van der Waals surface area contributed by atoms with Gasteiger partial charge in [-0.25, -0.2) is 0 Å². The van der Waals surface area contributed by atoms with Crippen LogP contribution in [0, 0.1) is 0 Å². The summed E-state index contributed by atoms with van der Waals surface area (Å²) in [4.78, 5) is 12.0. The Morgan fingerprint density at radius 2 is 1.23 bits per heavy atom. The van der Waals surface area contributed by atoms with Crippen molar-refractivity contribution < 1.29 is 9.90 Å². The van der Waals surface area contributed by atoms with Crippen molar-refractivity contribution in [3.8, 4) is 0 Å². The van der Waals surface area contributed by atoms with Crippen LogP contribution in [0.2, 0.25) is 0 Å². The summed E-state index contributed by atoms with van der Waals surface area (Å²) in [6.07, 6.45) is 19.2. The van der Waals surface area contributed by atoms with Gasteiger partial charge in [-0.1, -0.05) is 97.3 Å². The fourth-order valence-electron chi connectivity index (χ4n) is 3.53. The molecule has 0 aliphatic carbocycles. The number of amides is 1. The maximum atomic E-state index is 12.0. The quantitative estimate of drug-likeness (QED) is 0.210. The second kappa shape index (κ2) is 17.8. The van der Waals surface area contributed by atoms with Crippen molar-refractivity contribution >= 4 is 5.91 Å². The van der Waals surface area contributed by atoms with Crippen molar-refractivity contribution in [2.24, 2.45) is 5.73 Å². The van der Waals surface area contributed by atoms with Crippen LogP contribution in [-0.4, -0.2) is 23.3 Å². The molecule has 1 amide bonds. The van der Waals surface area contributed by atoms with E-state index >= 15 is 0 Å². The molecule has 4 nitrogen and oxygen atoms in total. The fourth-order valence-corrected chi connectivity index (χ4v) is 3.53. The lowest BCUT2D eigenvalue weighted by Gasteiger charge is -2.28. The average Bonchev–Trinajstić information content (AvgIpc) is 2.59. The summed E-state index contributed by atoms with van der Waals surface area (Å²) in [5.41, 5.74) is 4.42. The van der Waals surface area contributed by atoms with Crippen LogP contribution in [0.5, 0.6) is 0 Å². The topological polar surface area (TPSA) is 75.3 Å². The van der Waals surface area contributed by atoms with Crippen molar-refractivity contribution in [3.63, 3.8) is 0 Å². The molecule has 0 heterocycles. The molecule has 26 heavy (non-hydrogen) atoms. The van der Waals surface area contributed by atoms with Crippen LogP contribution in [-0.2, 0) is 4.79 Å². The highest BCUT2D eigenvalue weighted by molar-refractivity contribution is 5.76. The number of aliphatic hydroxyl groups is 1. The van der Waals surface area contributed by atoms with Crippen molar-refractivity contribution in [1.29, 1.82) is 0 Å². The van der Waals surface area contributed by atoms with E-state index in [1.807, 2.05) is 6.92 Å². The van der Waals surface area contributed by atoms with Crippen LogP contribution in [0.3, 0.4) is 0 Å². The Morgan fingerprint density at radius 1 is 0.769 bits per heavy atom. The van der Waals surface area contributed by atoms with Gasteiger partial charge in [0.2, 0.25) is 5.91 Å². The van der Waals surface area contributed by atoms with E-state index in [1.54, 1.807) is 0 Å². The van der Waals surface area contributed by atoms with Crippen LogP contribution in [0.25, 0.3) is 0 Å². The van der Waals surface area contributed by atoms with Gasteiger partial charge in [-0.2, -0.15) is 0 Å². The van der Waals surface area contributed by atoms with Crippen LogP contribution >= 0.6 is 0 Å². The Bertz CT molecular complexity index is 315. The van der Waals surface area contributed by atoms with Gasteiger partial charge >= 0.3 is 0 Å². The van der Waals surface area contributed by atoms with Crippen LogP contribution in [0.4, 0.5) is 0 Å². The average molecular weight is 371 g/mol. The van der Waals surface area contributed by atoms with E-state index in [0.717, 1.165) is 19.3 Å². The maximum absolute atomic E-state index is 12.0. The Hall–Kier alpha value is -0.610. The largest absolute Gasteiger partial charge is 0.371 e. The van der Waals surface area contributed by atoms with E-state index in [0.29, 0.717) is 25.8 Å². The minimum atomic E-state index is -1.11. The number of rotatable bonds is 19. The summed E-state index contributed by atoms with van der Waals surface area (Å²) < 4.78 is 0. The molecule has 0 rings (SSSR count). The highest BCUT2D eigenvalue weighted by atomic mass is 16.3. The zero-order valence-electron chi connectivity index (χ0n) is 17.7. The van der Waals surface area contributed by atoms with Crippen molar-refractivity contribution in [3.05, 3.63) is 0 Å². The van der Waals surface area contributed by atoms with E-state index in [1.165, 1.54) is 70.6 Å². The van der Waals surface area contributed by atoms with Gasteiger partial charge in [0.25, 0.3) is 0 Å². The van der Waals surface area contributed by atoms with Gasteiger partial charge < -0.3 is 16.2 Å². The van der Waals surface area contributed by atoms with E-state index in [-0.39, 0.29) is 5.91 Å². The second-order valence-electron chi connectivity index (χ2n) is 7.86. The van der Waals surface area contributed by atoms with Gasteiger partial charge in [0.1, 0.15) is 5.72 Å². The molecule has 156 valence electrons. The van der Waals surface area contributed by atoms with Gasteiger partial charge in [-0.3, -0.25) is 4.79 Å². The predicted molar refractivity (Wildman–Crippen MR) is 112 cm³/mol. The summed E-state index contributed by atoms with van der Waals surface area (Å²) in [7, 11) is 0. The van der Waals surface area contributed by atoms with Crippen LogP contribution in [0.1, 0.15) is 123 Å². The minimum Gasteiger partial charge on any atom is -0.371 e. The molecule has 0 radical (unpaired) electrons. The lowest BCUT2D eigenvalue weighted by Crippen LogP contribution is -2.49. The molecule has 0 aromatic rings. The summed E-state index contributed by atoms with van der Waals surface area (Å²) in [6, 6.07) is 0. The molecule has 0 aromatic heterocycles. The Morgan fingerprint density at radius 3 is 1.65 bits per heavy atom. The lowest BCUT2D eigenvalue weighted by atomic mass is 10.0. The van der Waals surface area contributed by atoms with E-state index in [4.69, 9.17) is 5.73 Å². The Kier molecular flexibility index (Phi) is 17.4. The molecule has 0 aromatic carbocycles. The number of carbonyl (C=O) groups is 1. The van der Waals surface area contributed by atoms with E-state index in [2.05, 4.69) is 12.2 Å². The Balaban J connectivity index is 3.47. The van der Waals surface area contributed by atoms with Gasteiger partial charge in [-0.15, -0.1) is 0 Å². The molecule has 0 aliphatic rings. The van der Waals surface area contributed by atoms with Gasteiger partial charge in [0.15, 0.2) is 0 Å². The molecule has 4 heteroatoms. The van der Waals surface area contributed by atoms with Crippen molar-refractivity contribution in [2.45, 2.75) is 129 Å². The maximum Gasteiger partial charge on any atom is 0.222 e. The molecule has 1 unspecified atom stereocenters. The number of carbonyl (C=O) groups excluding carboxylic acids is 1. The van der Waals surface area contributed by atoms with Crippen LogP contribution in [0.15, 0.2) is 0 Å². The predicted octanol–water partition coefficient (Wildman–Crippen LogP) is 5.42. The minimum absolute atomic E-state index is 0.0440. The first-order valence-corrected chi connectivity index (χ1v) is 11.3. The Labute approximate surface area is 162 Å². The molecule has 0 saturated carbocycles. The standard InChI is InChI=1S/C22H46N2O2/c1-3-5-6-7-8-9-10-11-12-13-14-15-16-17-21(25)24-22(26,18-4-2)19-20-23/h26H,3-20,23H2,1-2H3,(H,24,25). The van der Waals surface area contributed by atoms with Gasteiger partial charge in [-0.05, 0) is 19.4 Å². The number of nitrogens with one attached hydrogen (secondary N) is 1. The van der Waals surface area contributed by atoms with Crippen molar-refractivity contribution in [2.75, 3.05) is 6.54 Å². The fraction of sp³-hybridized carbons (Fsp3) is 0.955. The molecule has 4 N–H and O–H groups in total. The normalized spacial score (nSPS) is 13.5. The third-order valence-electron chi connectivity index (χ3n) is 5.10. The molecule has 0 saturated heterocycles. The molecule has 0 fully saturated rings. The smallest absolute Gasteiger partial charge is 0.222 e. The van der Waals surface area contributed by atoms with Gasteiger partial charge in [0.05, 0.1) is 0 Å². The zero-order valence-corrected chi connectivity index (χ0v) is 17.7. The highest BCUT2D eigenvalue weighted by Crippen LogP contribution is 2.15. The summed E-state index contributed by atoms with van der Waals surface area (Å²) in [5.74, 6) is -0.0440. The summed E-state index contributed by atoms with van der Waals surface area (Å²) in [5, 5.41) is 13.1. The number of hydrogen-bond acceptors (Lipinski definition) is 3. The molecule has 0 spiro atoms. The third kappa shape index (κ3) is 15.6. The monoisotopic (exact) mass is 370 g/mol. The van der Waals surface area contributed by atoms with E-state index < -0.39 is 5.72 Å². The first-order chi connectivity index (χ1) is 12.6. The molecule has 0 aliphatic heterocycles. The SMILES string of the molecule is CCCCCCCCCCCCCCCC(=O)NC(O)(CCC)CCN. The summed E-state index contributed by atoms with van der Waals surface area (Å²) >= 11 is 0. The first kappa shape index (κ1) is 25.4. The summed E-state index contributed by atoms with van der Waals surface area (Å²) in [6.45, 7) is 4.65. The third-order valence-corrected chi connectivity index (χ3v) is 5.10. The number of nitrogens with two attached hydrogens (primary N) is 1. The highest BCUT2D eigenvalue weighted by Gasteiger charge is 2.26.